The topological polar surface area (TPSA) is 144 Å². The molecular formula is C26H32O11S. The summed E-state index contributed by atoms with van der Waals surface area (Å²) in [4.78, 5) is 23.3. The lowest BCUT2D eigenvalue weighted by molar-refractivity contribution is -0.149. The first-order valence-corrected chi connectivity index (χ1v) is 12.8. The minimum Gasteiger partial charge on any atom is -0.489 e. The van der Waals surface area contributed by atoms with Gasteiger partial charge in [0.05, 0.1) is 13.2 Å². The van der Waals surface area contributed by atoms with Gasteiger partial charge in [-0.1, -0.05) is 37.4 Å². The number of rotatable bonds is 15. The average molecular weight is 553 g/mol. The van der Waals surface area contributed by atoms with Gasteiger partial charge in [0.25, 0.3) is 10.1 Å². The van der Waals surface area contributed by atoms with Crippen LogP contribution in [0.25, 0.3) is 10.8 Å². The Bertz CT molecular complexity index is 1280. The molecule has 0 aliphatic heterocycles. The highest BCUT2D eigenvalue weighted by molar-refractivity contribution is 7.86. The molecule has 0 spiro atoms. The molecule has 0 aliphatic rings. The van der Waals surface area contributed by atoms with Crippen molar-refractivity contribution in [2.75, 3.05) is 40.6 Å². The summed E-state index contributed by atoms with van der Waals surface area (Å²) in [5, 5.41) is 0.738. The number of ether oxygens (including phenoxy) is 6. The first-order chi connectivity index (χ1) is 17.9. The molecule has 2 aromatic rings. The van der Waals surface area contributed by atoms with Crippen LogP contribution in [0.15, 0.2) is 59.5 Å². The van der Waals surface area contributed by atoms with Gasteiger partial charge < -0.3 is 28.4 Å². The molecule has 0 aliphatic carbocycles. The van der Waals surface area contributed by atoms with Crippen molar-refractivity contribution in [3.8, 4) is 11.5 Å². The van der Waals surface area contributed by atoms with Crippen molar-refractivity contribution in [2.24, 2.45) is 0 Å². The molecule has 2 rings (SSSR count). The number of benzene rings is 2. The van der Waals surface area contributed by atoms with E-state index in [9.17, 15) is 22.6 Å². The van der Waals surface area contributed by atoms with E-state index < -0.39 is 39.2 Å². The number of esters is 2. The van der Waals surface area contributed by atoms with Crippen molar-refractivity contribution in [3.63, 3.8) is 0 Å². The Balaban J connectivity index is 2.45. The van der Waals surface area contributed by atoms with E-state index in [2.05, 4.69) is 13.2 Å². The lowest BCUT2D eigenvalue weighted by atomic mass is 10.1. The zero-order chi connectivity index (χ0) is 28.5. The Kier molecular flexibility index (Phi) is 11.3. The summed E-state index contributed by atoms with van der Waals surface area (Å²) >= 11 is 0. The van der Waals surface area contributed by atoms with Crippen molar-refractivity contribution >= 4 is 32.8 Å². The lowest BCUT2D eigenvalue weighted by Crippen LogP contribution is -2.30. The summed E-state index contributed by atoms with van der Waals surface area (Å²) in [6.07, 6.45) is -1.73. The van der Waals surface area contributed by atoms with Crippen LogP contribution >= 0.6 is 0 Å². The Morgan fingerprint density at radius 1 is 0.842 bits per heavy atom. The minimum absolute atomic E-state index is 0.00704. The van der Waals surface area contributed by atoms with Crippen LogP contribution in [0.4, 0.5) is 0 Å². The number of carbonyl (C=O) groups excluding carboxylic acids is 2. The van der Waals surface area contributed by atoms with Crippen LogP contribution in [-0.4, -0.2) is 77.8 Å². The van der Waals surface area contributed by atoms with E-state index in [-0.39, 0.29) is 49.1 Å². The number of hydrogen-bond acceptors (Lipinski definition) is 10. The van der Waals surface area contributed by atoms with Gasteiger partial charge in [-0.25, -0.2) is 9.59 Å². The monoisotopic (exact) mass is 552 g/mol. The third-order valence-corrected chi connectivity index (χ3v) is 5.85. The third kappa shape index (κ3) is 8.55. The fourth-order valence-electron chi connectivity index (χ4n) is 3.22. The van der Waals surface area contributed by atoms with Gasteiger partial charge in [0.2, 0.25) is 0 Å². The predicted molar refractivity (Wildman–Crippen MR) is 138 cm³/mol. The fraction of sp³-hybridized carbons (Fsp3) is 0.385. The molecule has 0 bridgehead atoms. The van der Waals surface area contributed by atoms with Crippen molar-refractivity contribution in [3.05, 3.63) is 54.6 Å². The molecule has 0 saturated heterocycles. The number of methoxy groups -OCH3 is 2. The second-order valence-corrected chi connectivity index (χ2v) is 9.76. The molecular weight excluding hydrogens is 520 g/mol. The maximum atomic E-state index is 12.3. The van der Waals surface area contributed by atoms with E-state index in [1.807, 2.05) is 0 Å². The van der Waals surface area contributed by atoms with Crippen LogP contribution in [-0.2, 0) is 38.7 Å². The zero-order valence-electron chi connectivity index (χ0n) is 21.7. The van der Waals surface area contributed by atoms with Crippen LogP contribution in [0.2, 0.25) is 0 Å². The van der Waals surface area contributed by atoms with E-state index in [0.717, 1.165) is 6.07 Å². The Hall–Kier alpha value is -3.45. The predicted octanol–water partition coefficient (Wildman–Crippen LogP) is 3.11. The van der Waals surface area contributed by atoms with Gasteiger partial charge >= 0.3 is 11.9 Å². The van der Waals surface area contributed by atoms with E-state index >= 15 is 0 Å². The molecule has 2 aromatic carbocycles. The van der Waals surface area contributed by atoms with Crippen molar-refractivity contribution in [2.45, 2.75) is 31.0 Å². The van der Waals surface area contributed by atoms with Crippen LogP contribution in [0.5, 0.6) is 11.5 Å². The largest absolute Gasteiger partial charge is 0.489 e. The van der Waals surface area contributed by atoms with Gasteiger partial charge in [0.1, 0.15) is 29.6 Å². The van der Waals surface area contributed by atoms with Gasteiger partial charge in [0, 0.05) is 42.2 Å². The van der Waals surface area contributed by atoms with Gasteiger partial charge in [0.15, 0.2) is 12.2 Å². The van der Waals surface area contributed by atoms with Crippen LogP contribution in [0.3, 0.4) is 0 Å². The van der Waals surface area contributed by atoms with Gasteiger partial charge in [-0.2, -0.15) is 8.42 Å². The summed E-state index contributed by atoms with van der Waals surface area (Å²) in [6, 6.07) is 7.67. The normalized spacial score (nSPS) is 12.9. The second-order valence-electron chi connectivity index (χ2n) is 8.37. The van der Waals surface area contributed by atoms with Gasteiger partial charge in [-0.15, -0.1) is 0 Å². The molecule has 0 amide bonds. The maximum Gasteiger partial charge on any atom is 0.333 e. The van der Waals surface area contributed by atoms with Gasteiger partial charge in [-0.3, -0.25) is 4.55 Å². The third-order valence-electron chi connectivity index (χ3n) is 4.99. The molecule has 38 heavy (non-hydrogen) atoms. The van der Waals surface area contributed by atoms with Crippen LogP contribution in [0.1, 0.15) is 13.8 Å². The highest BCUT2D eigenvalue weighted by atomic mass is 32.2. The lowest BCUT2D eigenvalue weighted by Gasteiger charge is -2.22. The molecule has 1 N–H and O–H groups in total. The molecule has 0 aromatic heterocycles. The molecule has 0 radical (unpaired) electrons. The maximum absolute atomic E-state index is 12.3. The summed E-state index contributed by atoms with van der Waals surface area (Å²) in [6.45, 7) is 9.53. The highest BCUT2D eigenvalue weighted by Gasteiger charge is 2.26. The molecule has 11 nitrogen and oxygen atoms in total. The Morgan fingerprint density at radius 3 is 1.76 bits per heavy atom. The van der Waals surface area contributed by atoms with E-state index in [1.165, 1.54) is 28.1 Å². The zero-order valence-corrected chi connectivity index (χ0v) is 22.5. The average Bonchev–Trinajstić information content (AvgIpc) is 2.85. The minimum atomic E-state index is -4.80. The summed E-state index contributed by atoms with van der Waals surface area (Å²) < 4.78 is 67.1. The Morgan fingerprint density at radius 2 is 1.32 bits per heavy atom. The molecule has 0 fully saturated rings. The molecule has 0 saturated carbocycles. The number of hydrogen-bond donors (Lipinski definition) is 1. The van der Waals surface area contributed by atoms with E-state index in [1.54, 1.807) is 24.3 Å². The van der Waals surface area contributed by atoms with Crippen molar-refractivity contribution in [1.29, 1.82) is 0 Å². The number of carbonyl (C=O) groups is 2. The second kappa shape index (κ2) is 13.9. The van der Waals surface area contributed by atoms with Crippen LogP contribution in [0, 0.1) is 0 Å². The van der Waals surface area contributed by atoms with Gasteiger partial charge in [-0.05, 0) is 13.8 Å². The summed E-state index contributed by atoms with van der Waals surface area (Å²) in [5.41, 5.74) is 0.352. The summed E-state index contributed by atoms with van der Waals surface area (Å²) in [7, 11) is -1.98. The standard InChI is InChI=1S/C26H32O11S/c1-16(2)25(27)36-18(12-32-5)14-34-22-11-23(38(29,30)31)24(21-10-8-7-9-20(21)22)35-15-19(13-33-6)37-26(28)17(3)4/h7-11,18-19H,1,3,12-15H2,2,4-6H3,(H,29,30,31). The Labute approximate surface area is 221 Å². The SMILES string of the molecule is C=C(C)C(=O)OC(COC)COc1cc(S(=O)(=O)O)c(OCC(COC)OC(=O)C(=C)C)c2ccccc12. The van der Waals surface area contributed by atoms with Crippen LogP contribution < -0.4 is 9.47 Å². The summed E-state index contributed by atoms with van der Waals surface area (Å²) in [5.74, 6) is -1.40. The molecule has 2 unspecified atom stereocenters. The molecule has 12 heteroatoms. The molecule has 0 heterocycles. The number of fused-ring (bicyclic) bond motifs is 1. The van der Waals surface area contributed by atoms with E-state index in [4.69, 9.17) is 28.4 Å². The first-order valence-electron chi connectivity index (χ1n) is 11.4. The van der Waals surface area contributed by atoms with Crippen molar-refractivity contribution in [1.82, 2.24) is 0 Å². The molecule has 2 atom stereocenters. The highest BCUT2D eigenvalue weighted by Crippen LogP contribution is 2.39. The quantitative estimate of drug-likeness (QED) is 0.198. The fourth-order valence-corrected chi connectivity index (χ4v) is 3.88. The molecule has 208 valence electrons. The first kappa shape index (κ1) is 30.8. The smallest absolute Gasteiger partial charge is 0.333 e. The van der Waals surface area contributed by atoms with E-state index in [0.29, 0.717) is 10.8 Å². The van der Waals surface area contributed by atoms with Crippen molar-refractivity contribution < 1.29 is 51.0 Å².